The molecular formula is C9H7F3N2O4. The van der Waals surface area contributed by atoms with Gasteiger partial charge in [-0.25, -0.2) is 14.6 Å². The maximum atomic E-state index is 11.8. The fraction of sp³-hybridized carbons (Fsp3) is 0.222. The van der Waals surface area contributed by atoms with E-state index in [4.69, 9.17) is 5.11 Å². The summed E-state index contributed by atoms with van der Waals surface area (Å²) in [7, 11) is 0. The monoisotopic (exact) mass is 264 g/mol. The van der Waals surface area contributed by atoms with Crippen LogP contribution in [0.5, 0.6) is 0 Å². The quantitative estimate of drug-likeness (QED) is 0.870. The van der Waals surface area contributed by atoms with Crippen LogP contribution < -0.4 is 5.32 Å². The number of alkyl halides is 3. The standard InChI is InChI=1S/C9H7F3N2O4/c10-9(11,12)4-18-8(17)14-5-2-1-3-13-6(5)7(15)16/h1-3H,4H2,(H,14,17)(H,15,16). The van der Waals surface area contributed by atoms with Crippen LogP contribution in [0, 0.1) is 0 Å². The lowest BCUT2D eigenvalue weighted by molar-refractivity contribution is -0.159. The Labute approximate surface area is 98.4 Å². The summed E-state index contributed by atoms with van der Waals surface area (Å²) in [5.74, 6) is -1.43. The second kappa shape index (κ2) is 5.34. The molecule has 0 spiro atoms. The molecule has 18 heavy (non-hydrogen) atoms. The van der Waals surface area contributed by atoms with E-state index in [2.05, 4.69) is 9.72 Å². The molecule has 2 N–H and O–H groups in total. The fourth-order valence-corrected chi connectivity index (χ4v) is 0.970. The fourth-order valence-electron chi connectivity index (χ4n) is 0.970. The van der Waals surface area contributed by atoms with E-state index in [1.807, 2.05) is 5.32 Å². The Morgan fingerprint density at radius 1 is 1.44 bits per heavy atom. The number of halogens is 3. The lowest BCUT2D eigenvalue weighted by Gasteiger charge is -2.09. The molecule has 1 aromatic rings. The first-order valence-corrected chi connectivity index (χ1v) is 4.48. The molecule has 0 atom stereocenters. The van der Waals surface area contributed by atoms with Gasteiger partial charge in [0.05, 0.1) is 5.69 Å². The number of hydrogen-bond acceptors (Lipinski definition) is 4. The Kier molecular flexibility index (Phi) is 4.08. The number of hydrogen-bond donors (Lipinski definition) is 2. The Morgan fingerprint density at radius 2 is 2.11 bits per heavy atom. The molecule has 1 aromatic heterocycles. The summed E-state index contributed by atoms with van der Waals surface area (Å²) in [6, 6.07) is 2.48. The largest absolute Gasteiger partial charge is 0.476 e. The number of pyridine rings is 1. The molecule has 1 amide bonds. The van der Waals surface area contributed by atoms with Gasteiger partial charge in [-0.15, -0.1) is 0 Å². The SMILES string of the molecule is O=C(Nc1cccnc1C(=O)O)OCC(F)(F)F. The molecule has 0 saturated carbocycles. The van der Waals surface area contributed by atoms with E-state index in [-0.39, 0.29) is 5.69 Å². The normalized spacial score (nSPS) is 10.8. The van der Waals surface area contributed by atoms with Crippen molar-refractivity contribution in [3.05, 3.63) is 24.0 Å². The number of amides is 1. The van der Waals surface area contributed by atoms with Crippen molar-refractivity contribution < 1.29 is 32.6 Å². The van der Waals surface area contributed by atoms with Crippen molar-refractivity contribution in [1.29, 1.82) is 0 Å². The maximum absolute atomic E-state index is 11.8. The van der Waals surface area contributed by atoms with E-state index in [0.717, 1.165) is 6.20 Å². The number of aromatic nitrogens is 1. The van der Waals surface area contributed by atoms with Crippen LogP contribution in [0.1, 0.15) is 10.5 Å². The minimum atomic E-state index is -4.65. The summed E-state index contributed by atoms with van der Waals surface area (Å²) in [4.78, 5) is 25.1. The highest BCUT2D eigenvalue weighted by atomic mass is 19.4. The van der Waals surface area contributed by atoms with Crippen molar-refractivity contribution in [3.8, 4) is 0 Å². The highest BCUT2D eigenvalue weighted by Gasteiger charge is 2.29. The molecule has 6 nitrogen and oxygen atoms in total. The van der Waals surface area contributed by atoms with Crippen LogP contribution in [0.25, 0.3) is 0 Å². The zero-order chi connectivity index (χ0) is 13.8. The van der Waals surface area contributed by atoms with E-state index in [1.165, 1.54) is 12.1 Å². The van der Waals surface area contributed by atoms with Gasteiger partial charge in [0.25, 0.3) is 0 Å². The van der Waals surface area contributed by atoms with Crippen LogP contribution in [-0.2, 0) is 4.74 Å². The van der Waals surface area contributed by atoms with Crippen molar-refractivity contribution in [2.75, 3.05) is 11.9 Å². The minimum Gasteiger partial charge on any atom is -0.476 e. The van der Waals surface area contributed by atoms with Gasteiger partial charge >= 0.3 is 18.2 Å². The lowest BCUT2D eigenvalue weighted by Crippen LogP contribution is -2.24. The summed E-state index contributed by atoms with van der Waals surface area (Å²) < 4.78 is 39.1. The van der Waals surface area contributed by atoms with Crippen molar-refractivity contribution in [2.24, 2.45) is 0 Å². The number of rotatable bonds is 3. The third-order valence-corrected chi connectivity index (χ3v) is 1.61. The van der Waals surface area contributed by atoms with E-state index in [0.29, 0.717) is 0 Å². The summed E-state index contributed by atoms with van der Waals surface area (Å²) in [5, 5.41) is 10.6. The Bertz CT molecular complexity index is 461. The predicted molar refractivity (Wildman–Crippen MR) is 52.2 cm³/mol. The first-order chi connectivity index (χ1) is 8.29. The van der Waals surface area contributed by atoms with Gasteiger partial charge < -0.3 is 9.84 Å². The van der Waals surface area contributed by atoms with E-state index in [1.54, 1.807) is 0 Å². The minimum absolute atomic E-state index is 0.253. The number of ether oxygens (including phenoxy) is 1. The van der Waals surface area contributed by atoms with Crippen LogP contribution in [0.2, 0.25) is 0 Å². The first kappa shape index (κ1) is 13.7. The molecule has 98 valence electrons. The zero-order valence-electron chi connectivity index (χ0n) is 8.69. The number of carboxylic acid groups (broad SMARTS) is 1. The molecule has 0 bridgehead atoms. The molecule has 1 rings (SSSR count). The molecule has 0 fully saturated rings. The average molecular weight is 264 g/mol. The van der Waals surface area contributed by atoms with Crippen molar-refractivity contribution in [2.45, 2.75) is 6.18 Å². The molecule has 0 unspecified atom stereocenters. The molecule has 0 radical (unpaired) electrons. The van der Waals surface area contributed by atoms with E-state index < -0.39 is 30.5 Å². The van der Waals surface area contributed by atoms with Gasteiger partial charge in [-0.1, -0.05) is 0 Å². The second-order valence-electron chi connectivity index (χ2n) is 3.02. The summed E-state index contributed by atoms with van der Waals surface area (Å²) in [5.41, 5.74) is -0.751. The third-order valence-electron chi connectivity index (χ3n) is 1.61. The van der Waals surface area contributed by atoms with Gasteiger partial charge in [0.15, 0.2) is 12.3 Å². The molecule has 0 saturated heterocycles. The first-order valence-electron chi connectivity index (χ1n) is 4.48. The molecule has 0 aliphatic carbocycles. The number of nitrogens with zero attached hydrogens (tertiary/aromatic N) is 1. The van der Waals surface area contributed by atoms with Crippen molar-refractivity contribution in [3.63, 3.8) is 0 Å². The number of aromatic carboxylic acids is 1. The number of carbonyl (C=O) groups is 2. The molecule has 0 aliphatic heterocycles. The summed E-state index contributed by atoms with van der Waals surface area (Å²) in [6.45, 7) is -1.76. The van der Waals surface area contributed by atoms with E-state index >= 15 is 0 Å². The average Bonchev–Trinajstić information content (AvgIpc) is 2.26. The Balaban J connectivity index is 2.68. The third kappa shape index (κ3) is 4.28. The predicted octanol–water partition coefficient (Wildman–Crippen LogP) is 1.89. The Morgan fingerprint density at radius 3 is 2.67 bits per heavy atom. The van der Waals surface area contributed by atoms with Gasteiger partial charge in [0.2, 0.25) is 0 Å². The second-order valence-corrected chi connectivity index (χ2v) is 3.02. The van der Waals surface area contributed by atoms with Crippen LogP contribution in [-0.4, -0.2) is 34.9 Å². The molecular weight excluding hydrogens is 257 g/mol. The smallest absolute Gasteiger partial charge is 0.422 e. The van der Waals surface area contributed by atoms with Gasteiger partial charge in [-0.2, -0.15) is 13.2 Å². The van der Waals surface area contributed by atoms with Gasteiger partial charge in [-0.3, -0.25) is 5.32 Å². The summed E-state index contributed by atoms with van der Waals surface area (Å²) in [6.07, 6.45) is -4.90. The molecule has 0 aliphatic rings. The molecule has 9 heteroatoms. The number of carboxylic acids is 1. The molecule has 1 heterocycles. The number of carbonyl (C=O) groups excluding carboxylic acids is 1. The van der Waals surface area contributed by atoms with Gasteiger partial charge in [0.1, 0.15) is 0 Å². The van der Waals surface area contributed by atoms with Crippen molar-refractivity contribution in [1.82, 2.24) is 4.98 Å². The van der Waals surface area contributed by atoms with E-state index in [9.17, 15) is 22.8 Å². The molecule has 0 aromatic carbocycles. The summed E-state index contributed by atoms with van der Waals surface area (Å²) >= 11 is 0. The maximum Gasteiger partial charge on any atom is 0.422 e. The Hall–Kier alpha value is -2.32. The van der Waals surface area contributed by atoms with Gasteiger partial charge in [0, 0.05) is 6.20 Å². The lowest BCUT2D eigenvalue weighted by atomic mass is 10.3. The highest BCUT2D eigenvalue weighted by molar-refractivity contribution is 5.96. The number of nitrogens with one attached hydrogen (secondary N) is 1. The topological polar surface area (TPSA) is 88.5 Å². The van der Waals surface area contributed by atoms with Crippen LogP contribution in [0.3, 0.4) is 0 Å². The van der Waals surface area contributed by atoms with Crippen LogP contribution in [0.15, 0.2) is 18.3 Å². The van der Waals surface area contributed by atoms with Crippen LogP contribution >= 0.6 is 0 Å². The number of anilines is 1. The van der Waals surface area contributed by atoms with Crippen LogP contribution in [0.4, 0.5) is 23.7 Å². The van der Waals surface area contributed by atoms with Gasteiger partial charge in [-0.05, 0) is 12.1 Å². The highest BCUT2D eigenvalue weighted by Crippen LogP contribution is 2.16. The zero-order valence-corrected chi connectivity index (χ0v) is 8.69. The van der Waals surface area contributed by atoms with Crippen molar-refractivity contribution >= 4 is 17.7 Å².